The van der Waals surface area contributed by atoms with Crippen LogP contribution in [0, 0.1) is 0 Å². The van der Waals surface area contributed by atoms with Crippen LogP contribution in [-0.4, -0.2) is 92.1 Å². The van der Waals surface area contributed by atoms with Crippen LogP contribution in [0.3, 0.4) is 0 Å². The Kier molecular flexibility index (Phi) is 10.3. The number of aromatic amines is 1. The van der Waals surface area contributed by atoms with Crippen LogP contribution in [0.5, 0.6) is 0 Å². The number of carboxylic acids is 1. The van der Waals surface area contributed by atoms with E-state index in [1.54, 1.807) is 6.20 Å². The van der Waals surface area contributed by atoms with Crippen molar-refractivity contribution in [2.45, 2.75) is 49.9 Å². The fourth-order valence-corrected chi connectivity index (χ4v) is 4.17. The predicted molar refractivity (Wildman–Crippen MR) is 123 cm³/mol. The molecule has 13 heteroatoms. The van der Waals surface area contributed by atoms with Gasteiger partial charge in [0.2, 0.25) is 17.7 Å². The molecule has 1 aromatic heterocycles. The lowest BCUT2D eigenvalue weighted by Gasteiger charge is -2.29. The zero-order chi connectivity index (χ0) is 23.7. The third-order valence-corrected chi connectivity index (χ3v) is 6.20. The van der Waals surface area contributed by atoms with Crippen molar-refractivity contribution in [3.8, 4) is 0 Å². The summed E-state index contributed by atoms with van der Waals surface area (Å²) in [6, 6.07) is -3.65. The Morgan fingerprint density at radius 1 is 1.38 bits per heavy atom. The van der Waals surface area contributed by atoms with Crippen molar-refractivity contribution in [3.63, 3.8) is 0 Å². The van der Waals surface area contributed by atoms with E-state index in [9.17, 15) is 19.2 Å². The molecule has 178 valence electrons. The summed E-state index contributed by atoms with van der Waals surface area (Å²) in [7, 11) is 0. The summed E-state index contributed by atoms with van der Waals surface area (Å²) in [5.41, 5.74) is 6.70. The van der Waals surface area contributed by atoms with Crippen LogP contribution in [0.2, 0.25) is 0 Å². The third kappa shape index (κ3) is 7.14. The molecule has 32 heavy (non-hydrogen) atoms. The topological polar surface area (TPSA) is 171 Å². The van der Waals surface area contributed by atoms with Gasteiger partial charge in [0, 0.05) is 30.6 Å². The molecule has 1 aliphatic heterocycles. The minimum Gasteiger partial charge on any atom is -0.480 e. The third-order valence-electron chi connectivity index (χ3n) is 5.19. The molecule has 0 aliphatic carbocycles. The molecule has 1 aliphatic rings. The molecule has 4 unspecified atom stereocenters. The average Bonchev–Trinajstić information content (AvgIpc) is 3.45. The van der Waals surface area contributed by atoms with E-state index in [1.165, 1.54) is 23.0 Å². The van der Waals surface area contributed by atoms with E-state index >= 15 is 0 Å². The van der Waals surface area contributed by atoms with E-state index in [1.807, 2.05) is 6.26 Å². The molecule has 2 rings (SSSR count). The summed E-state index contributed by atoms with van der Waals surface area (Å²) in [6.07, 6.45) is 6.59. The molecule has 0 aromatic carbocycles. The van der Waals surface area contributed by atoms with Gasteiger partial charge in [-0.1, -0.05) is 0 Å². The van der Waals surface area contributed by atoms with Crippen LogP contribution < -0.4 is 16.4 Å². The standard InChI is InChI=1S/C19H30N6O5S2/c1-32-6-4-13(23-16(26)12(20)7-11-8-21-10-22-11)18(28)25-5-2-3-15(25)17(27)24-14(9-31)19(29)30/h8,10,12-15,31H,2-7,9,20H2,1H3,(H,21,22)(H,23,26)(H,24,27)(H,29,30). The largest absolute Gasteiger partial charge is 0.480 e. The zero-order valence-corrected chi connectivity index (χ0v) is 19.5. The molecule has 4 atom stereocenters. The first-order chi connectivity index (χ1) is 15.3. The first-order valence-corrected chi connectivity index (χ1v) is 12.3. The molecule has 1 saturated heterocycles. The Hall–Kier alpha value is -2.25. The number of aromatic nitrogens is 2. The van der Waals surface area contributed by atoms with Crippen molar-refractivity contribution in [3.05, 3.63) is 18.2 Å². The molecular formula is C19H30N6O5S2. The molecule has 11 nitrogen and oxygen atoms in total. The Balaban J connectivity index is 2.06. The lowest BCUT2D eigenvalue weighted by atomic mass is 10.1. The zero-order valence-electron chi connectivity index (χ0n) is 17.8. The molecule has 0 saturated carbocycles. The number of imidazole rings is 1. The van der Waals surface area contributed by atoms with Crippen LogP contribution >= 0.6 is 24.4 Å². The van der Waals surface area contributed by atoms with Gasteiger partial charge in [0.1, 0.15) is 18.1 Å². The maximum atomic E-state index is 13.3. The van der Waals surface area contributed by atoms with Crippen molar-refractivity contribution in [1.82, 2.24) is 25.5 Å². The van der Waals surface area contributed by atoms with Gasteiger partial charge in [-0.2, -0.15) is 24.4 Å². The van der Waals surface area contributed by atoms with Crippen molar-refractivity contribution < 1.29 is 24.3 Å². The number of thiol groups is 1. The number of nitrogens with one attached hydrogen (secondary N) is 3. The van der Waals surface area contributed by atoms with Gasteiger partial charge in [-0.3, -0.25) is 14.4 Å². The Labute approximate surface area is 196 Å². The van der Waals surface area contributed by atoms with E-state index in [0.717, 1.165) is 0 Å². The number of carbonyl (C=O) groups excluding carboxylic acids is 3. The minimum absolute atomic E-state index is 0.0671. The number of aliphatic carboxylic acids is 1. The van der Waals surface area contributed by atoms with Gasteiger partial charge < -0.3 is 31.4 Å². The van der Waals surface area contributed by atoms with E-state index in [4.69, 9.17) is 10.8 Å². The van der Waals surface area contributed by atoms with E-state index in [-0.39, 0.29) is 18.1 Å². The van der Waals surface area contributed by atoms with Gasteiger partial charge in [-0.05, 0) is 31.3 Å². The summed E-state index contributed by atoms with van der Waals surface area (Å²) in [5, 5.41) is 14.3. The average molecular weight is 487 g/mol. The first-order valence-electron chi connectivity index (χ1n) is 10.2. The number of carboxylic acid groups (broad SMARTS) is 1. The van der Waals surface area contributed by atoms with Crippen molar-refractivity contribution in [2.75, 3.05) is 24.3 Å². The van der Waals surface area contributed by atoms with Crippen LogP contribution in [-0.2, 0) is 25.6 Å². The van der Waals surface area contributed by atoms with Crippen LogP contribution in [0.1, 0.15) is 25.0 Å². The second kappa shape index (κ2) is 12.7. The molecule has 0 bridgehead atoms. The quantitative estimate of drug-likeness (QED) is 0.204. The number of H-pyrrole nitrogens is 1. The number of nitrogens with zero attached hydrogens (tertiary/aromatic N) is 2. The lowest BCUT2D eigenvalue weighted by Crippen LogP contribution is -2.57. The normalized spacial score (nSPS) is 18.6. The molecule has 0 radical (unpaired) electrons. The monoisotopic (exact) mass is 486 g/mol. The van der Waals surface area contributed by atoms with E-state index in [2.05, 4.69) is 33.2 Å². The summed E-state index contributed by atoms with van der Waals surface area (Å²) in [5.74, 6) is -2.03. The highest BCUT2D eigenvalue weighted by molar-refractivity contribution is 7.98. The second-order valence-electron chi connectivity index (χ2n) is 7.50. The Morgan fingerprint density at radius 2 is 2.12 bits per heavy atom. The van der Waals surface area contributed by atoms with Gasteiger partial charge in [0.05, 0.1) is 12.4 Å². The molecule has 0 spiro atoms. The summed E-state index contributed by atoms with van der Waals surface area (Å²) >= 11 is 5.48. The number of hydrogen-bond acceptors (Lipinski definition) is 8. The number of rotatable bonds is 12. The van der Waals surface area contributed by atoms with Crippen molar-refractivity contribution in [1.29, 1.82) is 0 Å². The summed E-state index contributed by atoms with van der Waals surface area (Å²) in [4.78, 5) is 58.0. The molecule has 2 heterocycles. The SMILES string of the molecule is CSCCC(NC(=O)C(N)Cc1cnc[nH]1)C(=O)N1CCCC1C(=O)NC(CS)C(=O)O. The fourth-order valence-electron chi connectivity index (χ4n) is 3.45. The highest BCUT2D eigenvalue weighted by Crippen LogP contribution is 2.20. The molecular weight excluding hydrogens is 456 g/mol. The smallest absolute Gasteiger partial charge is 0.327 e. The predicted octanol–water partition coefficient (Wildman–Crippen LogP) is -0.992. The molecule has 6 N–H and O–H groups in total. The molecule has 1 fully saturated rings. The number of hydrogen-bond donors (Lipinski definition) is 6. The first kappa shape index (κ1) is 26.0. The summed E-state index contributed by atoms with van der Waals surface area (Å²) < 4.78 is 0. The lowest BCUT2D eigenvalue weighted by molar-refractivity contribution is -0.144. The molecule has 3 amide bonds. The number of likely N-dealkylation sites (tertiary alicyclic amines) is 1. The number of carbonyl (C=O) groups is 4. The number of nitrogens with two attached hydrogens (primary N) is 1. The Morgan fingerprint density at radius 3 is 2.72 bits per heavy atom. The van der Waals surface area contributed by atoms with E-state index < -0.39 is 42.0 Å². The molecule has 1 aromatic rings. The Bertz CT molecular complexity index is 793. The fraction of sp³-hybridized carbons (Fsp3) is 0.632. The van der Waals surface area contributed by atoms with Crippen LogP contribution in [0.15, 0.2) is 12.5 Å². The maximum absolute atomic E-state index is 13.3. The van der Waals surface area contributed by atoms with E-state index in [0.29, 0.717) is 37.3 Å². The highest BCUT2D eigenvalue weighted by Gasteiger charge is 2.38. The van der Waals surface area contributed by atoms with Gasteiger partial charge in [-0.25, -0.2) is 9.78 Å². The van der Waals surface area contributed by atoms with Gasteiger partial charge in [-0.15, -0.1) is 0 Å². The van der Waals surface area contributed by atoms with Gasteiger partial charge in [0.15, 0.2) is 0 Å². The maximum Gasteiger partial charge on any atom is 0.327 e. The second-order valence-corrected chi connectivity index (χ2v) is 8.85. The van der Waals surface area contributed by atoms with Crippen LogP contribution in [0.4, 0.5) is 0 Å². The van der Waals surface area contributed by atoms with Crippen molar-refractivity contribution >= 4 is 48.1 Å². The van der Waals surface area contributed by atoms with Gasteiger partial charge in [0.25, 0.3) is 0 Å². The highest BCUT2D eigenvalue weighted by atomic mass is 32.2. The van der Waals surface area contributed by atoms with Crippen LogP contribution in [0.25, 0.3) is 0 Å². The summed E-state index contributed by atoms with van der Waals surface area (Å²) in [6.45, 7) is 0.349. The number of amides is 3. The van der Waals surface area contributed by atoms with Crippen molar-refractivity contribution in [2.24, 2.45) is 5.73 Å². The minimum atomic E-state index is -1.19. The number of thioether (sulfide) groups is 1. The van der Waals surface area contributed by atoms with Gasteiger partial charge >= 0.3 is 5.97 Å².